The van der Waals surface area contributed by atoms with E-state index in [1.54, 1.807) is 12.4 Å². The van der Waals surface area contributed by atoms with Crippen LogP contribution in [-0.2, 0) is 4.74 Å². The maximum absolute atomic E-state index is 5.71. The Morgan fingerprint density at radius 2 is 2.28 bits per heavy atom. The number of anilines is 1. The summed E-state index contributed by atoms with van der Waals surface area (Å²) >= 11 is 5.04. The number of thiocarbonyl (C=S) groups is 1. The number of ether oxygens (including phenoxy) is 1. The van der Waals surface area contributed by atoms with E-state index < -0.39 is 0 Å². The molecular formula is C12H18N4OS. The molecule has 0 saturated carbocycles. The van der Waals surface area contributed by atoms with Crippen LogP contribution in [0.15, 0.2) is 12.4 Å². The predicted molar refractivity (Wildman–Crippen MR) is 74.8 cm³/mol. The quantitative estimate of drug-likeness (QED) is 0.827. The first-order valence-corrected chi connectivity index (χ1v) is 6.53. The first kappa shape index (κ1) is 13.2. The van der Waals surface area contributed by atoms with Gasteiger partial charge in [0.15, 0.2) is 5.82 Å². The summed E-state index contributed by atoms with van der Waals surface area (Å²) in [6, 6.07) is 0.297. The molecule has 1 aromatic heterocycles. The Morgan fingerprint density at radius 3 is 2.94 bits per heavy atom. The maximum Gasteiger partial charge on any atom is 0.158 e. The fraction of sp³-hybridized carbons (Fsp3) is 0.583. The SMILES string of the molecule is CCC1COC(C)CN1c1nccnc1C(N)=S. The van der Waals surface area contributed by atoms with E-state index in [-0.39, 0.29) is 11.1 Å². The fourth-order valence-electron chi connectivity index (χ4n) is 2.16. The third kappa shape index (κ3) is 2.59. The molecule has 2 heterocycles. The monoisotopic (exact) mass is 266 g/mol. The van der Waals surface area contributed by atoms with E-state index >= 15 is 0 Å². The molecule has 0 aliphatic carbocycles. The van der Waals surface area contributed by atoms with Gasteiger partial charge in [0.05, 0.1) is 18.8 Å². The molecule has 2 unspecified atom stereocenters. The molecule has 0 radical (unpaired) electrons. The predicted octanol–water partition coefficient (Wildman–Crippen LogP) is 1.11. The first-order valence-electron chi connectivity index (χ1n) is 6.12. The van der Waals surface area contributed by atoms with Crippen molar-refractivity contribution in [2.24, 2.45) is 5.73 Å². The summed E-state index contributed by atoms with van der Waals surface area (Å²) in [5, 5.41) is 0. The van der Waals surface area contributed by atoms with Crippen LogP contribution in [0.2, 0.25) is 0 Å². The zero-order valence-electron chi connectivity index (χ0n) is 10.7. The molecule has 0 aromatic carbocycles. The highest BCUT2D eigenvalue weighted by atomic mass is 32.1. The van der Waals surface area contributed by atoms with Gasteiger partial charge >= 0.3 is 0 Å². The van der Waals surface area contributed by atoms with E-state index in [9.17, 15) is 0 Å². The highest BCUT2D eigenvalue weighted by Gasteiger charge is 2.28. The Balaban J connectivity index is 2.36. The van der Waals surface area contributed by atoms with Gasteiger partial charge in [0.25, 0.3) is 0 Å². The second kappa shape index (κ2) is 5.58. The van der Waals surface area contributed by atoms with Crippen LogP contribution in [0.5, 0.6) is 0 Å². The summed E-state index contributed by atoms with van der Waals surface area (Å²) < 4.78 is 5.68. The van der Waals surface area contributed by atoms with Crippen molar-refractivity contribution < 1.29 is 4.74 Å². The maximum atomic E-state index is 5.71. The minimum Gasteiger partial charge on any atom is -0.388 e. The fourth-order valence-corrected chi connectivity index (χ4v) is 2.30. The van der Waals surface area contributed by atoms with E-state index in [4.69, 9.17) is 22.7 Å². The van der Waals surface area contributed by atoms with E-state index in [1.165, 1.54) is 0 Å². The summed E-state index contributed by atoms with van der Waals surface area (Å²) in [6.07, 6.45) is 4.45. The van der Waals surface area contributed by atoms with Gasteiger partial charge in [-0.05, 0) is 13.3 Å². The number of hydrogen-bond acceptors (Lipinski definition) is 5. The molecule has 5 nitrogen and oxygen atoms in total. The summed E-state index contributed by atoms with van der Waals surface area (Å²) in [6.45, 7) is 5.67. The molecule has 1 aromatic rings. The largest absolute Gasteiger partial charge is 0.388 e. The topological polar surface area (TPSA) is 64.3 Å². The van der Waals surface area contributed by atoms with E-state index in [1.807, 2.05) is 0 Å². The van der Waals surface area contributed by atoms with Crippen LogP contribution in [-0.4, -0.2) is 40.3 Å². The second-order valence-corrected chi connectivity index (χ2v) is 4.89. The first-order chi connectivity index (χ1) is 8.63. The molecule has 0 amide bonds. The molecule has 1 aliphatic rings. The molecule has 0 bridgehead atoms. The molecule has 2 atom stereocenters. The third-order valence-electron chi connectivity index (χ3n) is 3.12. The lowest BCUT2D eigenvalue weighted by molar-refractivity contribution is 0.0296. The van der Waals surface area contributed by atoms with E-state index in [0.29, 0.717) is 18.3 Å². The van der Waals surface area contributed by atoms with Crippen molar-refractivity contribution in [1.29, 1.82) is 0 Å². The number of nitrogens with zero attached hydrogens (tertiary/aromatic N) is 3. The molecule has 2 N–H and O–H groups in total. The summed E-state index contributed by atoms with van der Waals surface area (Å²) in [4.78, 5) is 11.1. The average Bonchev–Trinajstić information content (AvgIpc) is 2.38. The molecule has 1 fully saturated rings. The van der Waals surface area contributed by atoms with Crippen LogP contribution in [0, 0.1) is 0 Å². The third-order valence-corrected chi connectivity index (χ3v) is 3.32. The van der Waals surface area contributed by atoms with Crippen LogP contribution in [0.4, 0.5) is 5.82 Å². The highest BCUT2D eigenvalue weighted by molar-refractivity contribution is 7.80. The van der Waals surface area contributed by atoms with E-state index in [0.717, 1.165) is 18.8 Å². The molecular weight excluding hydrogens is 248 g/mol. The molecule has 1 aliphatic heterocycles. The Kier molecular flexibility index (Phi) is 4.08. The average molecular weight is 266 g/mol. The normalized spacial score (nSPS) is 24.0. The summed E-state index contributed by atoms with van der Waals surface area (Å²) in [7, 11) is 0. The van der Waals surface area contributed by atoms with Crippen molar-refractivity contribution in [3.63, 3.8) is 0 Å². The smallest absolute Gasteiger partial charge is 0.158 e. The number of nitrogens with two attached hydrogens (primary N) is 1. The molecule has 18 heavy (non-hydrogen) atoms. The Morgan fingerprint density at radius 1 is 1.56 bits per heavy atom. The van der Waals surface area contributed by atoms with Crippen molar-refractivity contribution in [3.8, 4) is 0 Å². The lowest BCUT2D eigenvalue weighted by atomic mass is 10.1. The standard InChI is InChI=1S/C12H18N4OS/c1-3-9-7-17-8(2)6-16(9)12-10(11(13)18)14-4-5-15-12/h4-5,8-9H,3,6-7H2,1-2H3,(H2,13,18). The van der Waals surface area contributed by atoms with Crippen molar-refractivity contribution in [2.45, 2.75) is 32.4 Å². The zero-order valence-corrected chi connectivity index (χ0v) is 11.5. The van der Waals surface area contributed by atoms with Gasteiger partial charge in [0, 0.05) is 18.9 Å². The van der Waals surface area contributed by atoms with Crippen molar-refractivity contribution in [1.82, 2.24) is 9.97 Å². The number of hydrogen-bond donors (Lipinski definition) is 1. The summed E-state index contributed by atoms with van der Waals surface area (Å²) in [5.74, 6) is 0.770. The molecule has 1 saturated heterocycles. The second-order valence-electron chi connectivity index (χ2n) is 4.45. The van der Waals surface area contributed by atoms with Crippen LogP contribution < -0.4 is 10.6 Å². The van der Waals surface area contributed by atoms with Crippen LogP contribution in [0.1, 0.15) is 26.0 Å². The molecule has 2 rings (SSSR count). The van der Waals surface area contributed by atoms with Crippen molar-refractivity contribution in [2.75, 3.05) is 18.1 Å². The minimum atomic E-state index is 0.175. The van der Waals surface area contributed by atoms with Gasteiger partial charge in [-0.1, -0.05) is 19.1 Å². The van der Waals surface area contributed by atoms with Gasteiger partial charge < -0.3 is 15.4 Å². The Labute approximate surface area is 112 Å². The molecule has 0 spiro atoms. The van der Waals surface area contributed by atoms with Crippen molar-refractivity contribution >= 4 is 23.0 Å². The Hall–Kier alpha value is -1.27. The lowest BCUT2D eigenvalue weighted by Gasteiger charge is -2.39. The zero-order chi connectivity index (χ0) is 13.1. The van der Waals surface area contributed by atoms with Crippen LogP contribution in [0.3, 0.4) is 0 Å². The summed E-state index contributed by atoms with van der Waals surface area (Å²) in [5.41, 5.74) is 6.31. The number of aromatic nitrogens is 2. The van der Waals surface area contributed by atoms with Gasteiger partial charge in [-0.2, -0.15) is 0 Å². The minimum absolute atomic E-state index is 0.175. The van der Waals surface area contributed by atoms with Gasteiger partial charge in [-0.3, -0.25) is 0 Å². The van der Waals surface area contributed by atoms with E-state index in [2.05, 4.69) is 28.7 Å². The van der Waals surface area contributed by atoms with Crippen LogP contribution in [0.25, 0.3) is 0 Å². The van der Waals surface area contributed by atoms with Gasteiger partial charge in [0.2, 0.25) is 0 Å². The van der Waals surface area contributed by atoms with Gasteiger partial charge in [-0.25, -0.2) is 9.97 Å². The van der Waals surface area contributed by atoms with Gasteiger partial charge in [-0.15, -0.1) is 0 Å². The van der Waals surface area contributed by atoms with Gasteiger partial charge in [0.1, 0.15) is 10.7 Å². The van der Waals surface area contributed by atoms with Crippen LogP contribution >= 0.6 is 12.2 Å². The number of rotatable bonds is 3. The number of morpholine rings is 1. The highest BCUT2D eigenvalue weighted by Crippen LogP contribution is 2.23. The Bertz CT molecular complexity index is 440. The molecule has 6 heteroatoms. The van der Waals surface area contributed by atoms with Crippen molar-refractivity contribution in [3.05, 3.63) is 18.1 Å². The molecule has 98 valence electrons. The lowest BCUT2D eigenvalue weighted by Crippen LogP contribution is -2.49.